The summed E-state index contributed by atoms with van der Waals surface area (Å²) >= 11 is 0. The Morgan fingerprint density at radius 2 is 2.12 bits per heavy atom. The monoisotopic (exact) mass is 326 g/mol. The predicted molar refractivity (Wildman–Crippen MR) is 92.6 cm³/mol. The number of allylic oxidation sites excluding steroid dienone is 1. The lowest BCUT2D eigenvalue weighted by molar-refractivity contribution is -0.00931. The van der Waals surface area contributed by atoms with Crippen LogP contribution in [-0.2, 0) is 17.8 Å². The van der Waals surface area contributed by atoms with Gasteiger partial charge in [0.25, 0.3) is 0 Å². The van der Waals surface area contributed by atoms with Gasteiger partial charge in [-0.1, -0.05) is 13.2 Å². The van der Waals surface area contributed by atoms with Gasteiger partial charge >= 0.3 is 6.09 Å². The zero-order chi connectivity index (χ0) is 17.3. The maximum Gasteiger partial charge on any atom is 0.410 e. The molecule has 0 aromatic carbocycles. The number of aliphatic imine (C=N–C) groups is 1. The van der Waals surface area contributed by atoms with Crippen LogP contribution in [0.1, 0.15) is 22.5 Å². The third-order valence-corrected chi connectivity index (χ3v) is 4.36. The van der Waals surface area contributed by atoms with Gasteiger partial charge in [0.05, 0.1) is 31.9 Å². The number of likely N-dealkylation sites (tertiary alicyclic amines) is 1. The first-order valence-corrected chi connectivity index (χ1v) is 7.97. The largest absolute Gasteiger partial charge is 0.442 e. The Bertz CT molecular complexity index is 720. The minimum atomic E-state index is -0.278. The van der Waals surface area contributed by atoms with Crippen molar-refractivity contribution in [3.05, 3.63) is 53.6 Å². The van der Waals surface area contributed by atoms with E-state index in [0.29, 0.717) is 26.2 Å². The summed E-state index contributed by atoms with van der Waals surface area (Å²) in [6.45, 7) is 13.9. The first-order chi connectivity index (χ1) is 11.5. The minimum Gasteiger partial charge on any atom is -0.442 e. The molecule has 1 saturated heterocycles. The van der Waals surface area contributed by atoms with Gasteiger partial charge in [0.15, 0.2) is 0 Å². The van der Waals surface area contributed by atoms with Crippen molar-refractivity contribution >= 4 is 12.3 Å². The van der Waals surface area contributed by atoms with Crippen molar-refractivity contribution in [3.8, 4) is 0 Å². The number of carbonyl (C=O) groups is 1. The number of hydrogen-bond acceptors (Lipinski definition) is 5. The van der Waals surface area contributed by atoms with E-state index in [1.54, 1.807) is 11.1 Å². The fourth-order valence-corrected chi connectivity index (χ4v) is 3.03. The Hall–Kier alpha value is -2.63. The number of rotatable bonds is 4. The first-order valence-electron chi connectivity index (χ1n) is 7.97. The lowest BCUT2D eigenvalue weighted by Gasteiger charge is -2.40. The van der Waals surface area contributed by atoms with Crippen LogP contribution < -0.4 is 0 Å². The Morgan fingerprint density at radius 3 is 2.83 bits per heavy atom. The van der Waals surface area contributed by atoms with Crippen molar-refractivity contribution in [2.45, 2.75) is 33.0 Å². The zero-order valence-corrected chi connectivity index (χ0v) is 14.2. The average molecular weight is 326 g/mol. The highest BCUT2D eigenvalue weighted by molar-refractivity contribution is 5.77. The van der Waals surface area contributed by atoms with Gasteiger partial charge in [-0.25, -0.2) is 4.79 Å². The molecule has 24 heavy (non-hydrogen) atoms. The number of carbonyl (C=O) groups excluding carboxylic acids is 1. The second kappa shape index (κ2) is 6.47. The number of aryl methyl sites for hydroxylation is 2. The van der Waals surface area contributed by atoms with E-state index in [9.17, 15) is 4.79 Å². The molecule has 126 valence electrons. The molecule has 1 aromatic heterocycles. The van der Waals surface area contributed by atoms with Gasteiger partial charge in [0, 0.05) is 23.8 Å². The quantitative estimate of drug-likeness (QED) is 0.798. The fourth-order valence-electron chi connectivity index (χ4n) is 3.03. The normalized spacial score (nSPS) is 16.9. The molecule has 0 radical (unpaired) electrons. The molecule has 0 saturated carbocycles. The molecule has 0 atom stereocenters. The summed E-state index contributed by atoms with van der Waals surface area (Å²) in [6, 6.07) is 2.05. The maximum absolute atomic E-state index is 12.4. The van der Waals surface area contributed by atoms with Gasteiger partial charge in [-0.2, -0.15) is 0 Å². The Balaban J connectivity index is 1.51. The van der Waals surface area contributed by atoms with Gasteiger partial charge in [0.2, 0.25) is 0 Å². The summed E-state index contributed by atoms with van der Waals surface area (Å²) in [7, 11) is 0. The Kier molecular flexibility index (Phi) is 4.38. The molecule has 6 heteroatoms. The van der Waals surface area contributed by atoms with E-state index < -0.39 is 0 Å². The van der Waals surface area contributed by atoms with Crippen molar-refractivity contribution in [3.63, 3.8) is 0 Å². The van der Waals surface area contributed by atoms with Crippen LogP contribution in [0.2, 0.25) is 0 Å². The van der Waals surface area contributed by atoms with Crippen LogP contribution in [0.3, 0.4) is 0 Å². The Morgan fingerprint density at radius 1 is 1.38 bits per heavy atom. The highest BCUT2D eigenvalue weighted by Crippen LogP contribution is 2.26. The van der Waals surface area contributed by atoms with Crippen molar-refractivity contribution < 1.29 is 9.53 Å². The number of pyridine rings is 1. The van der Waals surface area contributed by atoms with Gasteiger partial charge < -0.3 is 9.64 Å². The third kappa shape index (κ3) is 3.18. The standard InChI is InChI=1S/C18H22N4O2/c1-5-19-7-14(4)21-8-15(9-21)24-18(23)22-10-16-12(2)6-13(3)20-17(16)11-22/h5-7,15H,1,4,8-11H2,2-3H3. The predicted octanol–water partition coefficient (Wildman–Crippen LogP) is 2.56. The van der Waals surface area contributed by atoms with E-state index in [1.807, 2.05) is 17.9 Å². The number of fused-ring (bicyclic) bond motifs is 1. The van der Waals surface area contributed by atoms with Crippen molar-refractivity contribution in [2.75, 3.05) is 13.1 Å². The van der Waals surface area contributed by atoms with Gasteiger partial charge in [-0.05, 0) is 31.0 Å². The molecule has 1 fully saturated rings. The zero-order valence-electron chi connectivity index (χ0n) is 14.2. The van der Waals surface area contributed by atoms with E-state index in [0.717, 1.165) is 22.6 Å². The summed E-state index contributed by atoms with van der Waals surface area (Å²) < 4.78 is 5.57. The number of hydrogen-bond donors (Lipinski definition) is 0. The summed E-state index contributed by atoms with van der Waals surface area (Å²) in [4.78, 5) is 24.5. The van der Waals surface area contributed by atoms with E-state index in [4.69, 9.17) is 4.74 Å². The molecule has 6 nitrogen and oxygen atoms in total. The van der Waals surface area contributed by atoms with Crippen LogP contribution in [0.25, 0.3) is 0 Å². The lowest BCUT2D eigenvalue weighted by atomic mass is 10.1. The molecule has 2 aliphatic rings. The number of amides is 1. The van der Waals surface area contributed by atoms with Crippen molar-refractivity contribution in [1.82, 2.24) is 14.8 Å². The maximum atomic E-state index is 12.4. The van der Waals surface area contributed by atoms with E-state index >= 15 is 0 Å². The molecule has 0 unspecified atom stereocenters. The average Bonchev–Trinajstić information content (AvgIpc) is 2.92. The molecule has 0 N–H and O–H groups in total. The van der Waals surface area contributed by atoms with Crippen molar-refractivity contribution in [1.29, 1.82) is 0 Å². The van der Waals surface area contributed by atoms with Crippen LogP contribution in [0.15, 0.2) is 36.1 Å². The van der Waals surface area contributed by atoms with Crippen LogP contribution in [0.4, 0.5) is 4.79 Å². The molecule has 2 aliphatic heterocycles. The first kappa shape index (κ1) is 16.2. The highest BCUT2D eigenvalue weighted by Gasteiger charge is 2.34. The minimum absolute atomic E-state index is 0.106. The SMILES string of the molecule is C=CN=CC(=C)N1CC(OC(=O)N2Cc3nc(C)cc(C)c3C2)C1. The molecule has 0 aliphatic carbocycles. The third-order valence-electron chi connectivity index (χ3n) is 4.36. The van der Waals surface area contributed by atoms with Gasteiger partial charge in [0.1, 0.15) is 6.10 Å². The molecule has 0 spiro atoms. The van der Waals surface area contributed by atoms with Crippen LogP contribution in [0.5, 0.6) is 0 Å². The number of nitrogens with zero attached hydrogens (tertiary/aromatic N) is 4. The van der Waals surface area contributed by atoms with E-state index in [2.05, 4.69) is 30.1 Å². The number of aromatic nitrogens is 1. The summed E-state index contributed by atoms with van der Waals surface area (Å²) in [5, 5.41) is 0. The van der Waals surface area contributed by atoms with Crippen LogP contribution in [-0.4, -0.2) is 46.3 Å². The fraction of sp³-hybridized carbons (Fsp3) is 0.389. The molecular formula is C18H22N4O2. The number of ether oxygens (including phenoxy) is 1. The van der Waals surface area contributed by atoms with Crippen molar-refractivity contribution in [2.24, 2.45) is 4.99 Å². The van der Waals surface area contributed by atoms with E-state index in [1.165, 1.54) is 11.8 Å². The van der Waals surface area contributed by atoms with Crippen LogP contribution in [0, 0.1) is 13.8 Å². The second-order valence-electron chi connectivity index (χ2n) is 6.22. The molecule has 0 bridgehead atoms. The Labute approximate surface area is 142 Å². The summed E-state index contributed by atoms with van der Waals surface area (Å²) in [5.74, 6) is 0. The van der Waals surface area contributed by atoms with Gasteiger partial charge in [-0.3, -0.25) is 14.9 Å². The molecule has 1 aromatic rings. The van der Waals surface area contributed by atoms with Gasteiger partial charge in [-0.15, -0.1) is 0 Å². The highest BCUT2D eigenvalue weighted by atomic mass is 16.6. The molecule has 1 amide bonds. The summed E-state index contributed by atoms with van der Waals surface area (Å²) in [6.07, 6.45) is 2.73. The second-order valence-corrected chi connectivity index (χ2v) is 6.22. The molecule has 3 rings (SSSR count). The molecular weight excluding hydrogens is 304 g/mol. The van der Waals surface area contributed by atoms with E-state index in [-0.39, 0.29) is 12.2 Å². The molecule has 3 heterocycles. The lowest BCUT2D eigenvalue weighted by Crippen LogP contribution is -2.53. The summed E-state index contributed by atoms with van der Waals surface area (Å²) in [5.41, 5.74) is 5.08. The van der Waals surface area contributed by atoms with Crippen LogP contribution >= 0.6 is 0 Å². The smallest absolute Gasteiger partial charge is 0.410 e. The topological polar surface area (TPSA) is 58.0 Å².